The van der Waals surface area contributed by atoms with Crippen LogP contribution < -0.4 is 5.73 Å². The van der Waals surface area contributed by atoms with Gasteiger partial charge in [0.05, 0.1) is 0 Å². The predicted molar refractivity (Wildman–Crippen MR) is 73.2 cm³/mol. The lowest BCUT2D eigenvalue weighted by atomic mass is 10.1. The maximum Gasteiger partial charge on any atom is -0.00477 e. The van der Waals surface area contributed by atoms with Gasteiger partial charge in [0.25, 0.3) is 0 Å². The van der Waals surface area contributed by atoms with E-state index in [0.717, 1.165) is 13.0 Å². The fraction of sp³-hybridized carbons (Fsp3) is 0.929. The molecule has 0 saturated heterocycles. The molecular formula is C14H30N2. The first kappa shape index (κ1) is 15.6. The average molecular weight is 226 g/mol. The molecule has 0 atom stereocenters. The maximum absolute atomic E-state index is 6.91. The highest BCUT2D eigenvalue weighted by Crippen LogP contribution is 2.11. The number of hydrogen-bond donors (Lipinski definition) is 2. The van der Waals surface area contributed by atoms with Crippen molar-refractivity contribution in [2.45, 2.75) is 77.0 Å². The highest BCUT2D eigenvalue weighted by molar-refractivity contribution is 5.52. The summed E-state index contributed by atoms with van der Waals surface area (Å²) in [5.41, 5.74) is 5.44. The minimum Gasteiger partial charge on any atom is -0.330 e. The predicted octanol–water partition coefficient (Wildman–Crippen LogP) is 4.28. The lowest BCUT2D eigenvalue weighted by molar-refractivity contribution is 0.549. The average Bonchev–Trinajstić information content (AvgIpc) is 2.31. The minimum atomic E-state index is 0.857. The normalized spacial score (nSPS) is 10.6. The van der Waals surface area contributed by atoms with Gasteiger partial charge in [-0.2, -0.15) is 0 Å². The zero-order valence-corrected chi connectivity index (χ0v) is 10.8. The van der Waals surface area contributed by atoms with Crippen molar-refractivity contribution in [2.75, 3.05) is 6.54 Å². The molecule has 0 aliphatic rings. The number of hydrogen-bond acceptors (Lipinski definition) is 2. The molecule has 0 amide bonds. The van der Waals surface area contributed by atoms with Crippen molar-refractivity contribution in [3.05, 3.63) is 0 Å². The van der Waals surface area contributed by atoms with Gasteiger partial charge in [-0.25, -0.2) is 0 Å². The second-order valence-electron chi connectivity index (χ2n) is 4.67. The second-order valence-corrected chi connectivity index (χ2v) is 4.67. The fourth-order valence-corrected chi connectivity index (χ4v) is 1.98. The van der Waals surface area contributed by atoms with Gasteiger partial charge in [-0.1, -0.05) is 57.8 Å². The molecule has 0 rings (SSSR count). The van der Waals surface area contributed by atoms with Gasteiger partial charge < -0.3 is 11.1 Å². The van der Waals surface area contributed by atoms with Gasteiger partial charge in [0, 0.05) is 0 Å². The van der Waals surface area contributed by atoms with E-state index in [1.165, 1.54) is 76.8 Å². The van der Waals surface area contributed by atoms with E-state index in [2.05, 4.69) is 0 Å². The molecule has 0 bridgehead atoms. The summed E-state index contributed by atoms with van der Waals surface area (Å²) in [4.78, 5) is 0. The molecule has 0 aromatic heterocycles. The first-order valence-electron chi connectivity index (χ1n) is 7.11. The van der Waals surface area contributed by atoms with Gasteiger partial charge in [0.2, 0.25) is 0 Å². The maximum atomic E-state index is 6.91. The van der Waals surface area contributed by atoms with E-state index >= 15 is 0 Å². The molecule has 0 heterocycles. The highest BCUT2D eigenvalue weighted by atomic mass is 14.5. The van der Waals surface area contributed by atoms with E-state index in [-0.39, 0.29) is 0 Å². The van der Waals surface area contributed by atoms with E-state index in [9.17, 15) is 0 Å². The lowest BCUT2D eigenvalue weighted by Gasteiger charge is -2.01. The zero-order chi connectivity index (χ0) is 11.9. The summed E-state index contributed by atoms with van der Waals surface area (Å²) in [5, 5.41) is 6.91. The van der Waals surface area contributed by atoms with Crippen LogP contribution in [0.5, 0.6) is 0 Å². The third-order valence-electron chi connectivity index (χ3n) is 3.05. The van der Waals surface area contributed by atoms with Gasteiger partial charge >= 0.3 is 0 Å². The molecule has 0 aliphatic carbocycles. The molecule has 0 fully saturated rings. The van der Waals surface area contributed by atoms with Crippen molar-refractivity contribution < 1.29 is 0 Å². The van der Waals surface area contributed by atoms with Crippen LogP contribution in [0, 0.1) is 5.41 Å². The molecule has 0 aromatic rings. The van der Waals surface area contributed by atoms with Crippen molar-refractivity contribution in [2.24, 2.45) is 5.73 Å². The SMILES string of the molecule is N=CCCCCCCCCCCCCCN. The molecule has 0 saturated carbocycles. The fourth-order valence-electron chi connectivity index (χ4n) is 1.98. The van der Waals surface area contributed by atoms with E-state index in [1.54, 1.807) is 0 Å². The summed E-state index contributed by atoms with van der Waals surface area (Å²) in [6.45, 7) is 0.857. The summed E-state index contributed by atoms with van der Waals surface area (Å²) in [5.74, 6) is 0. The van der Waals surface area contributed by atoms with Crippen molar-refractivity contribution in [3.8, 4) is 0 Å². The van der Waals surface area contributed by atoms with Gasteiger partial charge in [0.15, 0.2) is 0 Å². The minimum absolute atomic E-state index is 0.857. The molecule has 0 aromatic carbocycles. The highest BCUT2D eigenvalue weighted by Gasteiger charge is 1.92. The quantitative estimate of drug-likeness (QED) is 0.357. The van der Waals surface area contributed by atoms with Gasteiger partial charge in [-0.15, -0.1) is 0 Å². The Labute approximate surface area is 102 Å². The van der Waals surface area contributed by atoms with Crippen molar-refractivity contribution in [1.29, 1.82) is 5.41 Å². The molecule has 0 aliphatic heterocycles. The van der Waals surface area contributed by atoms with E-state index in [4.69, 9.17) is 11.1 Å². The summed E-state index contributed by atoms with van der Waals surface area (Å²) in [6, 6.07) is 0. The molecule has 2 nitrogen and oxygen atoms in total. The summed E-state index contributed by atoms with van der Waals surface area (Å²) >= 11 is 0. The molecule has 16 heavy (non-hydrogen) atoms. The van der Waals surface area contributed by atoms with Crippen LogP contribution in [0.15, 0.2) is 0 Å². The Hall–Kier alpha value is -0.370. The smallest absolute Gasteiger partial charge is 0.00477 e. The number of rotatable bonds is 13. The molecule has 96 valence electrons. The van der Waals surface area contributed by atoms with Gasteiger partial charge in [-0.05, 0) is 32.0 Å². The summed E-state index contributed by atoms with van der Waals surface area (Å²) in [6.07, 6.45) is 17.3. The Balaban J connectivity index is 2.85. The standard InChI is InChI=1S/C14H30N2/c15-13-11-9-7-5-3-1-2-4-6-8-10-12-14-16/h13,15H,1-12,14,16H2. The third kappa shape index (κ3) is 13.6. The first-order valence-corrected chi connectivity index (χ1v) is 7.11. The van der Waals surface area contributed by atoms with E-state index in [0.29, 0.717) is 0 Å². The van der Waals surface area contributed by atoms with Crippen molar-refractivity contribution in [1.82, 2.24) is 0 Å². The zero-order valence-electron chi connectivity index (χ0n) is 10.8. The molecule has 0 radical (unpaired) electrons. The Kier molecular flexibility index (Phi) is 14.3. The number of nitrogens with two attached hydrogens (primary N) is 1. The number of unbranched alkanes of at least 4 members (excludes halogenated alkanes) is 11. The largest absolute Gasteiger partial charge is 0.330 e. The summed E-state index contributed by atoms with van der Waals surface area (Å²) in [7, 11) is 0. The van der Waals surface area contributed by atoms with Crippen LogP contribution in [-0.2, 0) is 0 Å². The summed E-state index contributed by atoms with van der Waals surface area (Å²) < 4.78 is 0. The monoisotopic (exact) mass is 226 g/mol. The number of nitrogens with one attached hydrogen (secondary N) is 1. The Morgan fingerprint density at radius 3 is 1.38 bits per heavy atom. The van der Waals surface area contributed by atoms with Crippen LogP contribution in [0.2, 0.25) is 0 Å². The van der Waals surface area contributed by atoms with Crippen LogP contribution in [0.4, 0.5) is 0 Å². The van der Waals surface area contributed by atoms with Gasteiger partial charge in [-0.3, -0.25) is 0 Å². The Morgan fingerprint density at radius 2 is 1.00 bits per heavy atom. The van der Waals surface area contributed by atoms with E-state index in [1.807, 2.05) is 0 Å². The molecular weight excluding hydrogens is 196 g/mol. The van der Waals surface area contributed by atoms with Crippen molar-refractivity contribution in [3.63, 3.8) is 0 Å². The first-order chi connectivity index (χ1) is 7.91. The second kappa shape index (κ2) is 14.6. The van der Waals surface area contributed by atoms with Gasteiger partial charge in [0.1, 0.15) is 0 Å². The van der Waals surface area contributed by atoms with Crippen LogP contribution in [0.3, 0.4) is 0 Å². The molecule has 0 spiro atoms. The van der Waals surface area contributed by atoms with Crippen LogP contribution in [0.1, 0.15) is 77.0 Å². The topological polar surface area (TPSA) is 49.9 Å². The van der Waals surface area contributed by atoms with Crippen LogP contribution in [0.25, 0.3) is 0 Å². The molecule has 3 N–H and O–H groups in total. The Bertz CT molecular complexity index is 135. The lowest BCUT2D eigenvalue weighted by Crippen LogP contribution is -1.97. The van der Waals surface area contributed by atoms with E-state index < -0.39 is 0 Å². The Morgan fingerprint density at radius 1 is 0.625 bits per heavy atom. The van der Waals surface area contributed by atoms with Crippen molar-refractivity contribution >= 4 is 6.21 Å². The third-order valence-corrected chi connectivity index (χ3v) is 3.05. The van der Waals surface area contributed by atoms with Crippen LogP contribution >= 0.6 is 0 Å². The molecule has 2 heteroatoms. The molecule has 0 unspecified atom stereocenters. The van der Waals surface area contributed by atoms with Crippen LogP contribution in [-0.4, -0.2) is 12.8 Å².